The molecule has 0 bridgehead atoms. The molecule has 0 radical (unpaired) electrons. The number of guanidine groups is 1. The summed E-state index contributed by atoms with van der Waals surface area (Å²) in [4.78, 5) is 10.8. The van der Waals surface area contributed by atoms with Gasteiger partial charge >= 0.3 is 0 Å². The van der Waals surface area contributed by atoms with Gasteiger partial charge in [-0.2, -0.15) is 0 Å². The third kappa shape index (κ3) is 6.43. The topological polar surface area (TPSA) is 49.8 Å². The lowest BCUT2D eigenvalue weighted by Gasteiger charge is -2.17. The van der Waals surface area contributed by atoms with Gasteiger partial charge in [-0.15, -0.1) is 24.0 Å². The van der Waals surface area contributed by atoms with Crippen LogP contribution < -0.4 is 10.1 Å². The number of nitrogens with one attached hydrogen (secondary N) is 1. The van der Waals surface area contributed by atoms with Crippen LogP contribution in [0.25, 0.3) is 0 Å². The lowest BCUT2D eigenvalue weighted by molar-refractivity contribution is 0.397. The van der Waals surface area contributed by atoms with Gasteiger partial charge in [0.25, 0.3) is 0 Å². The quantitative estimate of drug-likeness (QED) is 0.454. The number of nitrogens with zero attached hydrogens (tertiary/aromatic N) is 3. The van der Waals surface area contributed by atoms with Crippen molar-refractivity contribution >= 4 is 29.9 Å². The van der Waals surface area contributed by atoms with Gasteiger partial charge in [0.2, 0.25) is 5.88 Å². The van der Waals surface area contributed by atoms with Gasteiger partial charge in [0.15, 0.2) is 5.96 Å². The van der Waals surface area contributed by atoms with E-state index in [-0.39, 0.29) is 24.0 Å². The number of benzene rings is 1. The van der Waals surface area contributed by atoms with Crippen LogP contribution in [0.1, 0.15) is 11.1 Å². The van der Waals surface area contributed by atoms with E-state index in [9.17, 15) is 0 Å². The van der Waals surface area contributed by atoms with Crippen molar-refractivity contribution in [1.29, 1.82) is 0 Å². The molecule has 23 heavy (non-hydrogen) atoms. The van der Waals surface area contributed by atoms with Crippen molar-refractivity contribution in [3.63, 3.8) is 0 Å². The molecule has 0 spiro atoms. The smallest absolute Gasteiger partial charge is 0.212 e. The molecular formula is C17H23IN4O. The summed E-state index contributed by atoms with van der Waals surface area (Å²) in [6.45, 7) is 1.32. The molecular weight excluding hydrogens is 403 g/mol. The molecule has 6 heteroatoms. The van der Waals surface area contributed by atoms with Gasteiger partial charge in [0, 0.05) is 32.9 Å². The zero-order valence-corrected chi connectivity index (χ0v) is 16.0. The molecule has 0 saturated carbocycles. The minimum atomic E-state index is 0. The van der Waals surface area contributed by atoms with Crippen LogP contribution in [0.4, 0.5) is 0 Å². The van der Waals surface area contributed by atoms with Crippen molar-refractivity contribution in [3.8, 4) is 5.88 Å². The van der Waals surface area contributed by atoms with E-state index in [4.69, 9.17) is 4.74 Å². The molecule has 0 amide bonds. The molecule has 0 aliphatic heterocycles. The van der Waals surface area contributed by atoms with Gasteiger partial charge in [-0.05, 0) is 11.1 Å². The molecule has 0 saturated heterocycles. The molecule has 2 aromatic rings. The number of ether oxygens (including phenoxy) is 1. The minimum Gasteiger partial charge on any atom is -0.481 e. The highest BCUT2D eigenvalue weighted by atomic mass is 127. The van der Waals surface area contributed by atoms with Crippen molar-refractivity contribution in [1.82, 2.24) is 15.2 Å². The first-order valence-corrected chi connectivity index (χ1v) is 7.17. The molecule has 0 aliphatic rings. The first kappa shape index (κ1) is 19.2. The van der Waals surface area contributed by atoms with Crippen LogP contribution >= 0.6 is 24.0 Å². The molecule has 0 unspecified atom stereocenters. The van der Waals surface area contributed by atoms with Crippen LogP contribution in [-0.4, -0.2) is 37.0 Å². The largest absolute Gasteiger partial charge is 0.481 e. The number of methoxy groups -OCH3 is 1. The average Bonchev–Trinajstić information content (AvgIpc) is 2.56. The fraction of sp³-hybridized carbons (Fsp3) is 0.294. The number of halogens is 1. The third-order valence-corrected chi connectivity index (χ3v) is 3.14. The summed E-state index contributed by atoms with van der Waals surface area (Å²) in [6.07, 6.45) is 1.78. The molecule has 1 aromatic carbocycles. The van der Waals surface area contributed by atoms with Crippen LogP contribution in [-0.2, 0) is 13.1 Å². The zero-order chi connectivity index (χ0) is 15.8. The second kappa shape index (κ2) is 10.0. The summed E-state index contributed by atoms with van der Waals surface area (Å²) in [5.74, 6) is 1.46. The highest BCUT2D eigenvalue weighted by molar-refractivity contribution is 14.0. The standard InChI is InChI=1S/C17H22N4O.HI/c1-21(2)17(19-11-14-7-5-4-6-8-14)20-13-15-9-10-16(22-3)18-12-15;/h4-10,12H,11,13H2,1-3H3,(H,19,20);1H. The lowest BCUT2D eigenvalue weighted by Crippen LogP contribution is -2.36. The van der Waals surface area contributed by atoms with Crippen molar-refractivity contribution in [3.05, 3.63) is 59.8 Å². The van der Waals surface area contributed by atoms with Crippen LogP contribution in [0.5, 0.6) is 5.88 Å². The van der Waals surface area contributed by atoms with Crippen molar-refractivity contribution < 1.29 is 4.74 Å². The van der Waals surface area contributed by atoms with E-state index in [1.807, 2.05) is 49.3 Å². The van der Waals surface area contributed by atoms with Crippen LogP contribution in [0.2, 0.25) is 0 Å². The summed E-state index contributed by atoms with van der Waals surface area (Å²) in [6, 6.07) is 14.1. The maximum Gasteiger partial charge on any atom is 0.212 e. The Labute approximate surface area is 154 Å². The van der Waals surface area contributed by atoms with Crippen LogP contribution in [0, 0.1) is 0 Å². The molecule has 1 heterocycles. The van der Waals surface area contributed by atoms with Crippen molar-refractivity contribution in [2.75, 3.05) is 21.2 Å². The summed E-state index contributed by atoms with van der Waals surface area (Å²) in [5, 5.41) is 3.36. The van der Waals surface area contributed by atoms with Gasteiger partial charge in [0.1, 0.15) is 0 Å². The van der Waals surface area contributed by atoms with Gasteiger partial charge in [-0.25, -0.2) is 9.98 Å². The molecule has 2 rings (SSSR count). The van der Waals surface area contributed by atoms with E-state index in [0.29, 0.717) is 12.4 Å². The number of hydrogen-bond acceptors (Lipinski definition) is 3. The Hall–Kier alpha value is -1.83. The molecule has 0 fully saturated rings. The lowest BCUT2D eigenvalue weighted by atomic mass is 10.2. The van der Waals surface area contributed by atoms with E-state index in [1.54, 1.807) is 13.3 Å². The van der Waals surface area contributed by atoms with Crippen LogP contribution in [0.15, 0.2) is 53.7 Å². The van der Waals surface area contributed by atoms with Gasteiger partial charge in [0.05, 0.1) is 13.7 Å². The Morgan fingerprint density at radius 1 is 1.13 bits per heavy atom. The van der Waals surface area contributed by atoms with Crippen molar-refractivity contribution in [2.45, 2.75) is 13.1 Å². The van der Waals surface area contributed by atoms with Crippen LogP contribution in [0.3, 0.4) is 0 Å². The van der Waals surface area contributed by atoms with E-state index in [0.717, 1.165) is 18.1 Å². The highest BCUT2D eigenvalue weighted by Crippen LogP contribution is 2.07. The fourth-order valence-corrected chi connectivity index (χ4v) is 1.92. The maximum atomic E-state index is 5.05. The Morgan fingerprint density at radius 3 is 2.43 bits per heavy atom. The Kier molecular flexibility index (Phi) is 8.39. The zero-order valence-electron chi connectivity index (χ0n) is 13.7. The monoisotopic (exact) mass is 426 g/mol. The Balaban J connectivity index is 0.00000264. The molecule has 5 nitrogen and oxygen atoms in total. The number of aliphatic imine (C=N–C) groups is 1. The minimum absolute atomic E-state index is 0. The second-order valence-electron chi connectivity index (χ2n) is 5.08. The Morgan fingerprint density at radius 2 is 1.87 bits per heavy atom. The predicted molar refractivity (Wildman–Crippen MR) is 104 cm³/mol. The van der Waals surface area contributed by atoms with Gasteiger partial charge in [-0.3, -0.25) is 0 Å². The van der Waals surface area contributed by atoms with Gasteiger partial charge in [-0.1, -0.05) is 36.4 Å². The highest BCUT2D eigenvalue weighted by Gasteiger charge is 2.02. The second-order valence-corrected chi connectivity index (χ2v) is 5.08. The van der Waals surface area contributed by atoms with E-state index in [2.05, 4.69) is 27.4 Å². The fourth-order valence-electron chi connectivity index (χ4n) is 1.92. The number of rotatable bonds is 5. The summed E-state index contributed by atoms with van der Waals surface area (Å²) < 4.78 is 5.05. The Bertz CT molecular complexity index is 600. The normalized spacial score (nSPS) is 10.7. The molecule has 0 atom stereocenters. The van der Waals surface area contributed by atoms with E-state index < -0.39 is 0 Å². The third-order valence-electron chi connectivity index (χ3n) is 3.14. The first-order valence-electron chi connectivity index (χ1n) is 7.17. The molecule has 1 aromatic heterocycles. The SMILES string of the molecule is COc1ccc(CN=C(NCc2ccccc2)N(C)C)cn1.I. The average molecular weight is 426 g/mol. The number of hydrogen-bond donors (Lipinski definition) is 1. The molecule has 0 aliphatic carbocycles. The van der Waals surface area contributed by atoms with E-state index >= 15 is 0 Å². The summed E-state index contributed by atoms with van der Waals surface area (Å²) in [7, 11) is 5.56. The summed E-state index contributed by atoms with van der Waals surface area (Å²) >= 11 is 0. The van der Waals surface area contributed by atoms with Crippen molar-refractivity contribution in [2.24, 2.45) is 4.99 Å². The molecule has 1 N–H and O–H groups in total. The summed E-state index contributed by atoms with van der Waals surface area (Å²) in [5.41, 5.74) is 2.27. The number of aromatic nitrogens is 1. The van der Waals surface area contributed by atoms with E-state index in [1.165, 1.54) is 5.56 Å². The predicted octanol–water partition coefficient (Wildman–Crippen LogP) is 2.92. The maximum absolute atomic E-state index is 5.05. The number of pyridine rings is 1. The van der Waals surface area contributed by atoms with Gasteiger partial charge < -0.3 is 15.0 Å². The first-order chi connectivity index (χ1) is 10.7. The molecule has 124 valence electrons.